The highest BCUT2D eigenvalue weighted by Gasteiger charge is 2.30. The van der Waals surface area contributed by atoms with E-state index in [9.17, 15) is 18.8 Å². The number of halogens is 1. The summed E-state index contributed by atoms with van der Waals surface area (Å²) in [7, 11) is 0. The third kappa shape index (κ3) is 8.07. The van der Waals surface area contributed by atoms with Crippen LogP contribution >= 0.6 is 0 Å². The fraction of sp³-hybridized carbons (Fsp3) is 0.591. The van der Waals surface area contributed by atoms with Crippen molar-refractivity contribution in [2.24, 2.45) is 5.92 Å². The molecule has 1 aliphatic rings. The van der Waals surface area contributed by atoms with Gasteiger partial charge in [0.15, 0.2) is 0 Å². The smallest absolute Gasteiger partial charge is 0.412 e. The third-order valence-electron chi connectivity index (χ3n) is 4.39. The van der Waals surface area contributed by atoms with Crippen LogP contribution < -0.4 is 10.6 Å². The van der Waals surface area contributed by atoms with E-state index in [-0.39, 0.29) is 23.2 Å². The Bertz CT molecular complexity index is 821. The Labute approximate surface area is 182 Å². The summed E-state index contributed by atoms with van der Waals surface area (Å²) in [4.78, 5) is 38.6. The summed E-state index contributed by atoms with van der Waals surface area (Å²) >= 11 is 0. The van der Waals surface area contributed by atoms with E-state index in [2.05, 4.69) is 10.6 Å². The average molecular weight is 438 g/mol. The molecule has 0 saturated carbocycles. The molecule has 172 valence electrons. The number of rotatable bonds is 3. The number of benzene rings is 1. The van der Waals surface area contributed by atoms with Gasteiger partial charge in [0.1, 0.15) is 17.0 Å². The van der Waals surface area contributed by atoms with Crippen molar-refractivity contribution in [2.75, 3.05) is 23.7 Å². The predicted molar refractivity (Wildman–Crippen MR) is 115 cm³/mol. The number of carbonyl (C=O) groups is 3. The highest BCUT2D eigenvalue weighted by molar-refractivity contribution is 5.98. The largest absolute Gasteiger partial charge is 0.444 e. The number of likely N-dealkylation sites (tertiary alicyclic amines) is 1. The Kier molecular flexibility index (Phi) is 7.51. The lowest BCUT2D eigenvalue weighted by Gasteiger charge is -2.33. The molecule has 0 atom stereocenters. The van der Waals surface area contributed by atoms with E-state index in [4.69, 9.17) is 9.47 Å². The molecule has 1 aliphatic heterocycles. The van der Waals surface area contributed by atoms with Gasteiger partial charge in [0, 0.05) is 19.0 Å². The van der Waals surface area contributed by atoms with Crippen LogP contribution in [-0.4, -0.2) is 47.3 Å². The third-order valence-corrected chi connectivity index (χ3v) is 4.39. The van der Waals surface area contributed by atoms with Gasteiger partial charge in [0.2, 0.25) is 5.91 Å². The van der Waals surface area contributed by atoms with E-state index >= 15 is 0 Å². The number of carbonyl (C=O) groups excluding carboxylic acids is 3. The van der Waals surface area contributed by atoms with Crippen LogP contribution in [0.15, 0.2) is 18.2 Å². The van der Waals surface area contributed by atoms with Gasteiger partial charge in [0.25, 0.3) is 0 Å². The summed E-state index contributed by atoms with van der Waals surface area (Å²) in [5, 5.41) is 5.22. The van der Waals surface area contributed by atoms with Crippen LogP contribution in [0.1, 0.15) is 54.4 Å². The summed E-state index contributed by atoms with van der Waals surface area (Å²) in [6.45, 7) is 11.3. The number of amides is 3. The fourth-order valence-corrected chi connectivity index (χ4v) is 3.03. The van der Waals surface area contributed by atoms with E-state index in [1.54, 1.807) is 46.4 Å². The summed E-state index contributed by atoms with van der Waals surface area (Å²) < 4.78 is 24.3. The predicted octanol–water partition coefficient (Wildman–Crippen LogP) is 4.76. The van der Waals surface area contributed by atoms with Gasteiger partial charge in [-0.05, 0) is 72.6 Å². The lowest BCUT2D eigenvalue weighted by atomic mass is 9.96. The number of piperidine rings is 1. The first-order valence-electron chi connectivity index (χ1n) is 10.3. The van der Waals surface area contributed by atoms with E-state index in [0.29, 0.717) is 25.9 Å². The maximum absolute atomic E-state index is 13.8. The normalized spacial score (nSPS) is 15.3. The van der Waals surface area contributed by atoms with Crippen molar-refractivity contribution in [3.05, 3.63) is 24.0 Å². The van der Waals surface area contributed by atoms with Gasteiger partial charge in [-0.2, -0.15) is 0 Å². The van der Waals surface area contributed by atoms with Crippen LogP contribution in [0.2, 0.25) is 0 Å². The number of hydrogen-bond donors (Lipinski definition) is 2. The number of hydrogen-bond acceptors (Lipinski definition) is 5. The van der Waals surface area contributed by atoms with Crippen LogP contribution in [0.3, 0.4) is 0 Å². The van der Waals surface area contributed by atoms with Gasteiger partial charge in [-0.25, -0.2) is 14.0 Å². The second-order valence-electron chi connectivity index (χ2n) is 9.55. The van der Waals surface area contributed by atoms with Crippen LogP contribution in [-0.2, 0) is 14.3 Å². The number of nitrogens with zero attached hydrogens (tertiary/aromatic N) is 1. The second-order valence-corrected chi connectivity index (χ2v) is 9.55. The number of nitrogens with one attached hydrogen (secondary N) is 2. The van der Waals surface area contributed by atoms with Crippen LogP contribution in [0.5, 0.6) is 0 Å². The van der Waals surface area contributed by atoms with Crippen molar-refractivity contribution in [1.82, 2.24) is 4.90 Å². The molecule has 1 aromatic carbocycles. The molecule has 0 bridgehead atoms. The molecule has 0 radical (unpaired) electrons. The molecule has 1 heterocycles. The molecule has 1 saturated heterocycles. The first-order chi connectivity index (χ1) is 14.2. The lowest BCUT2D eigenvalue weighted by Crippen LogP contribution is -2.43. The SMILES string of the molecule is CC(C)(C)OC(=O)Nc1ccc(F)cc1NC(=O)C1CCN(C(=O)OC(C)(C)C)CC1. The van der Waals surface area contributed by atoms with Crippen LogP contribution in [0.25, 0.3) is 0 Å². The molecule has 1 aromatic rings. The summed E-state index contributed by atoms with van der Waals surface area (Å²) in [5.41, 5.74) is -0.906. The Hall–Kier alpha value is -2.84. The summed E-state index contributed by atoms with van der Waals surface area (Å²) in [6.07, 6.45) is -0.203. The zero-order valence-electron chi connectivity index (χ0n) is 19.0. The zero-order chi connectivity index (χ0) is 23.4. The topological polar surface area (TPSA) is 97.0 Å². The Morgan fingerprint density at radius 1 is 0.935 bits per heavy atom. The minimum absolute atomic E-state index is 0.144. The van der Waals surface area contributed by atoms with Crippen molar-refractivity contribution in [3.8, 4) is 0 Å². The Morgan fingerprint density at radius 3 is 2.06 bits per heavy atom. The second kappa shape index (κ2) is 9.53. The molecule has 2 N–H and O–H groups in total. The fourth-order valence-electron chi connectivity index (χ4n) is 3.03. The molecule has 9 heteroatoms. The van der Waals surface area contributed by atoms with Gasteiger partial charge in [-0.15, -0.1) is 0 Å². The van der Waals surface area contributed by atoms with Gasteiger partial charge in [0.05, 0.1) is 11.4 Å². The van der Waals surface area contributed by atoms with E-state index in [1.165, 1.54) is 12.1 Å². The van der Waals surface area contributed by atoms with E-state index in [1.807, 2.05) is 0 Å². The molecule has 2 rings (SSSR count). The van der Waals surface area contributed by atoms with E-state index in [0.717, 1.165) is 6.07 Å². The summed E-state index contributed by atoms with van der Waals surface area (Å²) in [6, 6.07) is 3.68. The quantitative estimate of drug-likeness (QED) is 0.711. The zero-order valence-corrected chi connectivity index (χ0v) is 19.0. The monoisotopic (exact) mass is 437 g/mol. The van der Waals surface area contributed by atoms with Crippen molar-refractivity contribution >= 4 is 29.5 Å². The molecule has 8 nitrogen and oxygen atoms in total. The van der Waals surface area contributed by atoms with Gasteiger partial charge in [-0.3, -0.25) is 10.1 Å². The molecule has 0 spiro atoms. The van der Waals surface area contributed by atoms with Crippen LogP contribution in [0, 0.1) is 11.7 Å². The van der Waals surface area contributed by atoms with Gasteiger partial charge in [-0.1, -0.05) is 0 Å². The van der Waals surface area contributed by atoms with E-state index < -0.39 is 29.2 Å². The standard InChI is InChI=1S/C22H32FN3O5/c1-21(2,3)30-19(28)25-16-8-7-15(23)13-17(16)24-18(27)14-9-11-26(12-10-14)20(29)31-22(4,5)6/h7-8,13-14H,9-12H2,1-6H3,(H,24,27)(H,25,28). The summed E-state index contributed by atoms with van der Waals surface area (Å²) in [5.74, 6) is -1.21. The van der Waals surface area contributed by atoms with Crippen LogP contribution in [0.4, 0.5) is 25.4 Å². The molecule has 0 unspecified atom stereocenters. The maximum Gasteiger partial charge on any atom is 0.412 e. The highest BCUT2D eigenvalue weighted by Crippen LogP contribution is 2.27. The Balaban J connectivity index is 1.99. The maximum atomic E-state index is 13.8. The van der Waals surface area contributed by atoms with Crippen molar-refractivity contribution in [2.45, 2.75) is 65.6 Å². The van der Waals surface area contributed by atoms with Crippen molar-refractivity contribution in [3.63, 3.8) is 0 Å². The first kappa shape index (κ1) is 24.4. The molecule has 3 amide bonds. The minimum atomic E-state index is -0.708. The van der Waals surface area contributed by atoms with Gasteiger partial charge >= 0.3 is 12.2 Å². The minimum Gasteiger partial charge on any atom is -0.444 e. The molecule has 31 heavy (non-hydrogen) atoms. The van der Waals surface area contributed by atoms with Crippen molar-refractivity contribution in [1.29, 1.82) is 0 Å². The molecule has 0 aliphatic carbocycles. The molecule has 0 aromatic heterocycles. The Morgan fingerprint density at radius 2 is 1.52 bits per heavy atom. The molecular formula is C22H32FN3O5. The highest BCUT2D eigenvalue weighted by atomic mass is 19.1. The molecular weight excluding hydrogens is 405 g/mol. The average Bonchev–Trinajstić information content (AvgIpc) is 2.61. The molecule has 1 fully saturated rings. The number of anilines is 2. The first-order valence-corrected chi connectivity index (χ1v) is 10.3. The van der Waals surface area contributed by atoms with Crippen molar-refractivity contribution < 1.29 is 28.2 Å². The number of ether oxygens (including phenoxy) is 2. The van der Waals surface area contributed by atoms with Gasteiger partial charge < -0.3 is 19.7 Å². The lowest BCUT2D eigenvalue weighted by molar-refractivity contribution is -0.121.